The van der Waals surface area contributed by atoms with Crippen molar-refractivity contribution in [3.8, 4) is 11.4 Å². The second-order valence-corrected chi connectivity index (χ2v) is 6.46. The number of aromatic amines is 1. The number of aryl methyl sites for hydroxylation is 1. The largest absolute Gasteiger partial charge is 0.352 e. The third-order valence-electron chi connectivity index (χ3n) is 4.49. The highest BCUT2D eigenvalue weighted by Gasteiger charge is 2.08. The van der Waals surface area contributed by atoms with E-state index in [1.165, 1.54) is 17.5 Å². The zero-order valence-electron chi connectivity index (χ0n) is 16.5. The third kappa shape index (κ3) is 5.79. The Balaban J connectivity index is 0.00000280. The molecule has 6 nitrogen and oxygen atoms in total. The third-order valence-corrected chi connectivity index (χ3v) is 4.49. The standard InChI is InChI=1S/C21H26N6.HI/c1-4-16-8-10-17(11-9-16)14-27(3)21(22-2)23-13-18-6-5-7-19(12-18)20-24-15-25-26-20;/h5-12,15H,4,13-14H2,1-3H3,(H,22,23)(H,24,25,26);1H. The quantitative estimate of drug-likeness (QED) is 0.313. The number of hydrogen-bond acceptors (Lipinski definition) is 3. The highest BCUT2D eigenvalue weighted by Crippen LogP contribution is 2.15. The van der Waals surface area contributed by atoms with Crippen molar-refractivity contribution < 1.29 is 0 Å². The van der Waals surface area contributed by atoms with Gasteiger partial charge in [0.25, 0.3) is 0 Å². The van der Waals surface area contributed by atoms with Crippen LogP contribution in [0.25, 0.3) is 11.4 Å². The van der Waals surface area contributed by atoms with Crippen molar-refractivity contribution in [3.63, 3.8) is 0 Å². The van der Waals surface area contributed by atoms with Gasteiger partial charge < -0.3 is 10.2 Å². The number of aromatic nitrogens is 3. The van der Waals surface area contributed by atoms with Crippen molar-refractivity contribution in [2.45, 2.75) is 26.4 Å². The number of halogens is 1. The number of aliphatic imine (C=N–C) groups is 1. The maximum atomic E-state index is 4.41. The van der Waals surface area contributed by atoms with Gasteiger partial charge in [-0.1, -0.05) is 49.4 Å². The Morgan fingerprint density at radius 1 is 1.11 bits per heavy atom. The number of nitrogens with zero attached hydrogens (tertiary/aromatic N) is 4. The number of guanidine groups is 1. The fourth-order valence-electron chi connectivity index (χ4n) is 2.97. The minimum atomic E-state index is 0. The zero-order chi connectivity index (χ0) is 19.1. The molecule has 2 N–H and O–H groups in total. The number of H-pyrrole nitrogens is 1. The molecule has 0 aliphatic heterocycles. The SMILES string of the molecule is CCc1ccc(CN(C)C(=NC)NCc2cccc(-c3ncn[nH]3)c2)cc1.I. The Morgan fingerprint density at radius 2 is 1.86 bits per heavy atom. The van der Waals surface area contributed by atoms with E-state index in [1.54, 1.807) is 0 Å². The second-order valence-electron chi connectivity index (χ2n) is 6.46. The first-order valence-corrected chi connectivity index (χ1v) is 9.14. The van der Waals surface area contributed by atoms with Crippen molar-refractivity contribution in [1.29, 1.82) is 0 Å². The van der Waals surface area contributed by atoms with Gasteiger partial charge >= 0.3 is 0 Å². The van der Waals surface area contributed by atoms with E-state index in [0.717, 1.165) is 35.9 Å². The topological polar surface area (TPSA) is 69.2 Å². The van der Waals surface area contributed by atoms with Gasteiger partial charge in [-0.05, 0) is 29.2 Å². The first-order valence-electron chi connectivity index (χ1n) is 9.14. The maximum Gasteiger partial charge on any atom is 0.193 e. The smallest absolute Gasteiger partial charge is 0.193 e. The first-order chi connectivity index (χ1) is 13.2. The number of hydrogen-bond donors (Lipinski definition) is 2. The lowest BCUT2D eigenvalue weighted by Crippen LogP contribution is -2.38. The minimum Gasteiger partial charge on any atom is -0.352 e. The van der Waals surface area contributed by atoms with Crippen LogP contribution in [-0.4, -0.2) is 40.1 Å². The van der Waals surface area contributed by atoms with Crippen LogP contribution in [0.1, 0.15) is 23.6 Å². The molecule has 0 aliphatic carbocycles. The van der Waals surface area contributed by atoms with Gasteiger partial charge in [0.1, 0.15) is 6.33 Å². The van der Waals surface area contributed by atoms with Gasteiger partial charge in [0.2, 0.25) is 0 Å². The van der Waals surface area contributed by atoms with Crippen molar-refractivity contribution >= 4 is 29.9 Å². The fourth-order valence-corrected chi connectivity index (χ4v) is 2.97. The van der Waals surface area contributed by atoms with E-state index in [9.17, 15) is 0 Å². The highest BCUT2D eigenvalue weighted by molar-refractivity contribution is 14.0. The molecule has 0 fully saturated rings. The van der Waals surface area contributed by atoms with Crippen LogP contribution in [0.4, 0.5) is 0 Å². The van der Waals surface area contributed by atoms with Crippen LogP contribution in [0.5, 0.6) is 0 Å². The summed E-state index contributed by atoms with van der Waals surface area (Å²) in [5.74, 6) is 1.63. The normalized spacial score (nSPS) is 11.0. The van der Waals surface area contributed by atoms with Crippen LogP contribution < -0.4 is 5.32 Å². The molecule has 0 unspecified atom stereocenters. The first kappa shape index (κ1) is 21.9. The van der Waals surface area contributed by atoms with E-state index >= 15 is 0 Å². The molecule has 0 amide bonds. The van der Waals surface area contributed by atoms with E-state index in [2.05, 4.69) is 73.7 Å². The lowest BCUT2D eigenvalue weighted by atomic mass is 10.1. The predicted octanol–water partition coefficient (Wildman–Crippen LogP) is 3.86. The van der Waals surface area contributed by atoms with Crippen molar-refractivity contribution in [2.75, 3.05) is 14.1 Å². The molecule has 0 radical (unpaired) electrons. The molecule has 3 rings (SSSR count). The molecule has 148 valence electrons. The molecule has 0 saturated carbocycles. The van der Waals surface area contributed by atoms with Crippen LogP contribution >= 0.6 is 24.0 Å². The molecule has 1 heterocycles. The van der Waals surface area contributed by atoms with Gasteiger partial charge in [0.05, 0.1) is 0 Å². The highest BCUT2D eigenvalue weighted by atomic mass is 127. The summed E-state index contributed by atoms with van der Waals surface area (Å²) in [7, 11) is 3.86. The summed E-state index contributed by atoms with van der Waals surface area (Å²) < 4.78 is 0. The molecule has 0 aliphatic rings. The Morgan fingerprint density at radius 3 is 2.50 bits per heavy atom. The van der Waals surface area contributed by atoms with E-state index in [0.29, 0.717) is 6.54 Å². The van der Waals surface area contributed by atoms with Gasteiger partial charge in [-0.2, -0.15) is 5.10 Å². The summed E-state index contributed by atoms with van der Waals surface area (Å²) >= 11 is 0. The van der Waals surface area contributed by atoms with Crippen LogP contribution in [0.15, 0.2) is 59.9 Å². The molecule has 3 aromatic rings. The summed E-state index contributed by atoms with van der Waals surface area (Å²) in [4.78, 5) is 10.7. The summed E-state index contributed by atoms with van der Waals surface area (Å²) in [6, 6.07) is 17.0. The summed E-state index contributed by atoms with van der Waals surface area (Å²) in [6.07, 6.45) is 2.58. The maximum absolute atomic E-state index is 4.41. The molecule has 0 bridgehead atoms. The summed E-state index contributed by atoms with van der Waals surface area (Å²) in [6.45, 7) is 3.67. The molecule has 0 saturated heterocycles. The van der Waals surface area contributed by atoms with Gasteiger partial charge in [0.15, 0.2) is 11.8 Å². The molecule has 7 heteroatoms. The van der Waals surface area contributed by atoms with Crippen LogP contribution in [-0.2, 0) is 19.5 Å². The summed E-state index contributed by atoms with van der Waals surface area (Å²) in [5.41, 5.74) is 4.80. The van der Waals surface area contributed by atoms with Crippen LogP contribution in [0.3, 0.4) is 0 Å². The van der Waals surface area contributed by atoms with E-state index in [4.69, 9.17) is 0 Å². The number of benzene rings is 2. The zero-order valence-corrected chi connectivity index (χ0v) is 18.8. The van der Waals surface area contributed by atoms with E-state index in [-0.39, 0.29) is 24.0 Å². The Labute approximate surface area is 183 Å². The monoisotopic (exact) mass is 490 g/mol. The van der Waals surface area contributed by atoms with Crippen molar-refractivity contribution in [3.05, 3.63) is 71.5 Å². The Bertz CT molecular complexity index is 874. The molecule has 0 spiro atoms. The molecule has 2 aromatic carbocycles. The average molecular weight is 490 g/mol. The Kier molecular flexibility index (Phi) is 8.43. The summed E-state index contributed by atoms with van der Waals surface area (Å²) in [5, 5.41) is 10.2. The van der Waals surface area contributed by atoms with Crippen LogP contribution in [0, 0.1) is 0 Å². The molecular formula is C21H27IN6. The molecule has 28 heavy (non-hydrogen) atoms. The molecular weight excluding hydrogens is 463 g/mol. The molecule has 0 atom stereocenters. The van der Waals surface area contributed by atoms with Crippen molar-refractivity contribution in [2.24, 2.45) is 4.99 Å². The van der Waals surface area contributed by atoms with E-state index < -0.39 is 0 Å². The average Bonchev–Trinajstić information content (AvgIpc) is 3.24. The van der Waals surface area contributed by atoms with Gasteiger partial charge in [-0.15, -0.1) is 24.0 Å². The van der Waals surface area contributed by atoms with Crippen molar-refractivity contribution in [1.82, 2.24) is 25.4 Å². The second kappa shape index (κ2) is 10.8. The number of rotatable bonds is 6. The Hall–Kier alpha value is -2.42. The van der Waals surface area contributed by atoms with Gasteiger partial charge in [-0.25, -0.2) is 4.98 Å². The molecule has 1 aromatic heterocycles. The lowest BCUT2D eigenvalue weighted by molar-refractivity contribution is 0.476. The van der Waals surface area contributed by atoms with Gasteiger partial charge in [-0.3, -0.25) is 10.1 Å². The van der Waals surface area contributed by atoms with Gasteiger partial charge in [0, 0.05) is 32.7 Å². The fraction of sp³-hybridized carbons (Fsp3) is 0.286. The minimum absolute atomic E-state index is 0. The lowest BCUT2D eigenvalue weighted by Gasteiger charge is -2.22. The predicted molar refractivity (Wildman–Crippen MR) is 125 cm³/mol. The van der Waals surface area contributed by atoms with E-state index in [1.807, 2.05) is 26.2 Å². The number of nitrogens with one attached hydrogen (secondary N) is 2. The van der Waals surface area contributed by atoms with Crippen LogP contribution in [0.2, 0.25) is 0 Å².